The normalized spacial score (nSPS) is 16.2. The second-order valence-corrected chi connectivity index (χ2v) is 5.20. The molecule has 0 radical (unpaired) electrons. The Morgan fingerprint density at radius 3 is 3.00 bits per heavy atom. The van der Waals surface area contributed by atoms with Crippen LogP contribution in [-0.2, 0) is 4.74 Å². The molecule has 0 bridgehead atoms. The first-order valence-corrected chi connectivity index (χ1v) is 7.08. The summed E-state index contributed by atoms with van der Waals surface area (Å²) in [6.45, 7) is 2.42. The molecule has 1 aliphatic carbocycles. The lowest BCUT2D eigenvalue weighted by Crippen LogP contribution is -2.25. The minimum Gasteiger partial charge on any atom is -0.454 e. The number of amides is 1. The van der Waals surface area contributed by atoms with Crippen molar-refractivity contribution in [3.63, 3.8) is 0 Å². The smallest absolute Gasteiger partial charge is 0.251 e. The molecular weight excluding hydrogens is 258 g/mol. The maximum atomic E-state index is 11.9. The zero-order valence-electron chi connectivity index (χ0n) is 11.4. The Hall–Kier alpha value is -1.75. The van der Waals surface area contributed by atoms with Crippen molar-refractivity contribution in [3.8, 4) is 11.5 Å². The summed E-state index contributed by atoms with van der Waals surface area (Å²) in [7, 11) is 0. The van der Waals surface area contributed by atoms with Crippen LogP contribution < -0.4 is 14.8 Å². The molecule has 1 amide bonds. The van der Waals surface area contributed by atoms with E-state index in [1.165, 1.54) is 12.8 Å². The van der Waals surface area contributed by atoms with Crippen molar-refractivity contribution < 1.29 is 19.0 Å². The molecule has 0 unspecified atom stereocenters. The highest BCUT2D eigenvalue weighted by Gasteiger charge is 2.20. The van der Waals surface area contributed by atoms with Crippen LogP contribution in [0.2, 0.25) is 0 Å². The fraction of sp³-hybridized carbons (Fsp3) is 0.533. The molecule has 1 heterocycles. The number of nitrogens with one attached hydrogen (secondary N) is 1. The number of benzene rings is 1. The van der Waals surface area contributed by atoms with Crippen LogP contribution in [0.25, 0.3) is 0 Å². The first kappa shape index (κ1) is 13.2. The van der Waals surface area contributed by atoms with Gasteiger partial charge in [0.25, 0.3) is 5.91 Å². The van der Waals surface area contributed by atoms with Crippen LogP contribution in [0.15, 0.2) is 18.2 Å². The van der Waals surface area contributed by atoms with E-state index in [0.29, 0.717) is 30.2 Å². The summed E-state index contributed by atoms with van der Waals surface area (Å²) in [6, 6.07) is 5.21. The third kappa shape index (κ3) is 3.42. The molecule has 0 spiro atoms. The summed E-state index contributed by atoms with van der Waals surface area (Å²) < 4.78 is 16.0. The van der Waals surface area contributed by atoms with E-state index in [1.54, 1.807) is 18.2 Å². The van der Waals surface area contributed by atoms with E-state index in [9.17, 15) is 4.79 Å². The van der Waals surface area contributed by atoms with Gasteiger partial charge >= 0.3 is 0 Å². The van der Waals surface area contributed by atoms with Gasteiger partial charge in [0.1, 0.15) is 0 Å². The summed E-state index contributed by atoms with van der Waals surface area (Å²) in [6.07, 6.45) is 3.45. The summed E-state index contributed by atoms with van der Waals surface area (Å²) in [5.41, 5.74) is 0.591. The number of carbonyl (C=O) groups excluding carboxylic acids is 1. The number of ether oxygens (including phenoxy) is 3. The van der Waals surface area contributed by atoms with Gasteiger partial charge in [-0.3, -0.25) is 4.79 Å². The molecule has 1 aromatic carbocycles. The number of hydrogen-bond acceptors (Lipinski definition) is 4. The van der Waals surface area contributed by atoms with E-state index in [4.69, 9.17) is 14.2 Å². The summed E-state index contributed by atoms with van der Waals surface area (Å²) >= 11 is 0. The monoisotopic (exact) mass is 277 g/mol. The minimum absolute atomic E-state index is 0.0921. The number of carbonyl (C=O) groups is 1. The van der Waals surface area contributed by atoms with Crippen LogP contribution in [0.3, 0.4) is 0 Å². The minimum atomic E-state index is -0.0921. The van der Waals surface area contributed by atoms with Gasteiger partial charge in [0, 0.05) is 25.3 Å². The van der Waals surface area contributed by atoms with Gasteiger partial charge < -0.3 is 19.5 Å². The standard InChI is InChI=1S/C15H19NO4/c17-15(16-6-1-7-18-9-11-2-3-11)12-4-5-13-14(8-12)20-10-19-13/h4-5,8,11H,1-3,6-7,9-10H2,(H,16,17). The number of rotatable bonds is 7. The Bertz CT molecular complexity index is 485. The van der Waals surface area contributed by atoms with Gasteiger partial charge in [-0.05, 0) is 43.4 Å². The van der Waals surface area contributed by atoms with Gasteiger partial charge in [0.2, 0.25) is 6.79 Å². The van der Waals surface area contributed by atoms with E-state index in [2.05, 4.69) is 5.32 Å². The second-order valence-electron chi connectivity index (χ2n) is 5.20. The molecule has 0 aromatic heterocycles. The van der Waals surface area contributed by atoms with Gasteiger partial charge in [-0.25, -0.2) is 0 Å². The van der Waals surface area contributed by atoms with Gasteiger partial charge in [-0.1, -0.05) is 0 Å². The molecule has 5 nitrogen and oxygen atoms in total. The molecule has 1 fully saturated rings. The van der Waals surface area contributed by atoms with Crippen molar-refractivity contribution in [1.82, 2.24) is 5.32 Å². The Morgan fingerprint density at radius 1 is 1.30 bits per heavy atom. The van der Waals surface area contributed by atoms with E-state index in [1.807, 2.05) is 0 Å². The highest BCUT2D eigenvalue weighted by molar-refractivity contribution is 5.94. The lowest BCUT2D eigenvalue weighted by atomic mass is 10.2. The predicted molar refractivity (Wildman–Crippen MR) is 73.1 cm³/mol. The van der Waals surface area contributed by atoms with Crippen LogP contribution in [0.4, 0.5) is 0 Å². The maximum Gasteiger partial charge on any atom is 0.251 e. The Balaban J connectivity index is 1.37. The maximum absolute atomic E-state index is 11.9. The molecule has 1 aromatic rings. The summed E-state index contributed by atoms with van der Waals surface area (Å²) in [5, 5.41) is 2.88. The highest BCUT2D eigenvalue weighted by Crippen LogP contribution is 2.32. The second kappa shape index (κ2) is 6.13. The first-order valence-electron chi connectivity index (χ1n) is 7.08. The topological polar surface area (TPSA) is 56.8 Å². The number of hydrogen-bond donors (Lipinski definition) is 1. The first-order chi connectivity index (χ1) is 9.83. The van der Waals surface area contributed by atoms with Gasteiger partial charge in [-0.15, -0.1) is 0 Å². The Labute approximate surface area is 118 Å². The molecule has 1 N–H and O–H groups in total. The molecule has 0 saturated heterocycles. The van der Waals surface area contributed by atoms with Gasteiger partial charge in [0.15, 0.2) is 11.5 Å². The molecule has 0 atom stereocenters. The molecule has 108 valence electrons. The Kier molecular flexibility index (Phi) is 4.06. The molecule has 2 aliphatic rings. The van der Waals surface area contributed by atoms with Crippen LogP contribution in [-0.4, -0.2) is 32.5 Å². The molecular formula is C15H19NO4. The van der Waals surface area contributed by atoms with Crippen molar-refractivity contribution in [2.45, 2.75) is 19.3 Å². The van der Waals surface area contributed by atoms with Crippen LogP contribution in [0, 0.1) is 5.92 Å². The third-order valence-electron chi connectivity index (χ3n) is 3.44. The van der Waals surface area contributed by atoms with Crippen molar-refractivity contribution >= 4 is 5.91 Å². The van der Waals surface area contributed by atoms with Crippen molar-refractivity contribution in [3.05, 3.63) is 23.8 Å². The average Bonchev–Trinajstić information content (AvgIpc) is 3.17. The predicted octanol–water partition coefficient (Wildman–Crippen LogP) is 1.96. The van der Waals surface area contributed by atoms with E-state index in [-0.39, 0.29) is 12.7 Å². The van der Waals surface area contributed by atoms with Gasteiger partial charge in [0.05, 0.1) is 0 Å². The van der Waals surface area contributed by atoms with E-state index >= 15 is 0 Å². The largest absolute Gasteiger partial charge is 0.454 e. The van der Waals surface area contributed by atoms with Crippen LogP contribution in [0.5, 0.6) is 11.5 Å². The summed E-state index contributed by atoms with van der Waals surface area (Å²) in [5.74, 6) is 2.02. The van der Waals surface area contributed by atoms with E-state index in [0.717, 1.165) is 18.9 Å². The molecule has 1 aliphatic heterocycles. The molecule has 20 heavy (non-hydrogen) atoms. The zero-order valence-corrected chi connectivity index (χ0v) is 11.4. The Morgan fingerprint density at radius 2 is 2.15 bits per heavy atom. The van der Waals surface area contributed by atoms with Crippen molar-refractivity contribution in [2.24, 2.45) is 5.92 Å². The SMILES string of the molecule is O=C(NCCCOCC1CC1)c1ccc2c(c1)OCO2. The lowest BCUT2D eigenvalue weighted by molar-refractivity contribution is 0.0937. The lowest BCUT2D eigenvalue weighted by Gasteiger charge is -2.06. The van der Waals surface area contributed by atoms with Crippen molar-refractivity contribution in [1.29, 1.82) is 0 Å². The van der Waals surface area contributed by atoms with E-state index < -0.39 is 0 Å². The fourth-order valence-corrected chi connectivity index (χ4v) is 2.05. The quantitative estimate of drug-likeness (QED) is 0.774. The highest BCUT2D eigenvalue weighted by atomic mass is 16.7. The summed E-state index contributed by atoms with van der Waals surface area (Å²) in [4.78, 5) is 11.9. The fourth-order valence-electron chi connectivity index (χ4n) is 2.05. The molecule has 1 saturated carbocycles. The van der Waals surface area contributed by atoms with Gasteiger partial charge in [-0.2, -0.15) is 0 Å². The average molecular weight is 277 g/mol. The zero-order chi connectivity index (χ0) is 13.8. The number of fused-ring (bicyclic) bond motifs is 1. The third-order valence-corrected chi connectivity index (χ3v) is 3.44. The van der Waals surface area contributed by atoms with Crippen LogP contribution >= 0.6 is 0 Å². The van der Waals surface area contributed by atoms with Crippen LogP contribution in [0.1, 0.15) is 29.6 Å². The molecule has 5 heteroatoms. The van der Waals surface area contributed by atoms with Crippen molar-refractivity contribution in [2.75, 3.05) is 26.6 Å². The molecule has 3 rings (SSSR count).